The lowest BCUT2D eigenvalue weighted by molar-refractivity contribution is -0.134. The largest absolute Gasteiger partial charge is 0.622 e. The van der Waals surface area contributed by atoms with E-state index in [-0.39, 0.29) is 35.3 Å². The quantitative estimate of drug-likeness (QED) is 0.609. The van der Waals surface area contributed by atoms with E-state index in [1.165, 1.54) is 12.1 Å². The molecule has 0 saturated heterocycles. The van der Waals surface area contributed by atoms with E-state index in [9.17, 15) is 29.8 Å². The highest BCUT2D eigenvalue weighted by atomic mass is 16.6. The van der Waals surface area contributed by atoms with Crippen LogP contribution < -0.4 is 10.1 Å². The number of aliphatic carboxylic acids is 1. The summed E-state index contributed by atoms with van der Waals surface area (Å²) >= 11 is 0. The SMILES string of the molecule is CCCc1c2c(cc3c(=O)cc(C(=O)O)oc13)CC=C(C(=O)O)[N+]2([O-])CC. The van der Waals surface area contributed by atoms with Gasteiger partial charge in [-0.1, -0.05) is 13.3 Å². The van der Waals surface area contributed by atoms with E-state index >= 15 is 0 Å². The topological polar surface area (TPSA) is 128 Å². The lowest BCUT2D eigenvalue weighted by atomic mass is 9.93. The molecule has 8 nitrogen and oxygen atoms in total. The normalized spacial score (nSPS) is 18.9. The van der Waals surface area contributed by atoms with Crippen LogP contribution in [0.5, 0.6) is 0 Å². The molecule has 1 unspecified atom stereocenters. The van der Waals surface area contributed by atoms with Crippen molar-refractivity contribution in [2.24, 2.45) is 0 Å². The predicted octanol–water partition coefficient (Wildman–Crippen LogP) is 2.79. The lowest BCUT2D eigenvalue weighted by Crippen LogP contribution is -2.47. The van der Waals surface area contributed by atoms with Crippen molar-refractivity contribution >= 4 is 28.6 Å². The van der Waals surface area contributed by atoms with Crippen molar-refractivity contribution in [3.63, 3.8) is 0 Å². The average molecular weight is 373 g/mol. The van der Waals surface area contributed by atoms with Gasteiger partial charge in [0.05, 0.1) is 17.5 Å². The molecule has 1 atom stereocenters. The van der Waals surface area contributed by atoms with Gasteiger partial charge >= 0.3 is 11.9 Å². The molecule has 2 N–H and O–H groups in total. The number of hydrogen-bond acceptors (Lipinski definition) is 5. The second-order valence-electron chi connectivity index (χ2n) is 6.42. The van der Waals surface area contributed by atoms with Crippen LogP contribution in [0.4, 0.5) is 5.69 Å². The number of fused-ring (bicyclic) bond motifs is 2. The van der Waals surface area contributed by atoms with Gasteiger partial charge in [-0.25, -0.2) is 9.59 Å². The van der Waals surface area contributed by atoms with Crippen molar-refractivity contribution in [2.75, 3.05) is 6.54 Å². The van der Waals surface area contributed by atoms with Gasteiger partial charge in [0.1, 0.15) is 11.3 Å². The molecule has 2 heterocycles. The Hall–Kier alpha value is -2.97. The molecule has 0 aliphatic carbocycles. The van der Waals surface area contributed by atoms with Crippen LogP contribution in [0.15, 0.2) is 33.1 Å². The number of quaternary nitrogens is 1. The van der Waals surface area contributed by atoms with E-state index in [1.54, 1.807) is 6.92 Å². The van der Waals surface area contributed by atoms with Crippen LogP contribution in [0.1, 0.15) is 41.9 Å². The number of nitrogens with zero attached hydrogens (tertiary/aromatic N) is 1. The van der Waals surface area contributed by atoms with Crippen molar-refractivity contribution in [2.45, 2.75) is 33.1 Å². The van der Waals surface area contributed by atoms with Crippen LogP contribution in [0.3, 0.4) is 0 Å². The number of hydroxylamine groups is 2. The maximum Gasteiger partial charge on any atom is 0.390 e. The fourth-order valence-electron chi connectivity index (χ4n) is 3.65. The fraction of sp³-hybridized carbons (Fsp3) is 0.316. The molecule has 1 aromatic carbocycles. The number of allylic oxidation sites excluding steroid dienone is 1. The molecule has 1 aliphatic rings. The van der Waals surface area contributed by atoms with E-state index < -0.39 is 27.8 Å². The number of rotatable bonds is 5. The number of aryl methyl sites for hydroxylation is 1. The van der Waals surface area contributed by atoms with Gasteiger partial charge in [0.25, 0.3) is 0 Å². The highest BCUT2D eigenvalue weighted by Gasteiger charge is 2.39. The van der Waals surface area contributed by atoms with Crippen molar-refractivity contribution in [1.29, 1.82) is 0 Å². The summed E-state index contributed by atoms with van der Waals surface area (Å²) < 4.78 is 4.29. The Morgan fingerprint density at radius 2 is 1.93 bits per heavy atom. The first-order chi connectivity index (χ1) is 12.7. The molecule has 2 aromatic rings. The van der Waals surface area contributed by atoms with Crippen LogP contribution in [-0.2, 0) is 17.6 Å². The van der Waals surface area contributed by atoms with Gasteiger partial charge in [-0.2, -0.15) is 0 Å². The maximum atomic E-state index is 13.6. The Bertz CT molecular complexity index is 1050. The number of hydrogen-bond donors (Lipinski definition) is 2. The zero-order valence-electron chi connectivity index (χ0n) is 14.9. The second-order valence-corrected chi connectivity index (χ2v) is 6.42. The van der Waals surface area contributed by atoms with Crippen LogP contribution in [-0.4, -0.2) is 28.7 Å². The first-order valence-corrected chi connectivity index (χ1v) is 8.64. The van der Waals surface area contributed by atoms with Gasteiger partial charge in [-0.05, 0) is 25.5 Å². The summed E-state index contributed by atoms with van der Waals surface area (Å²) in [6.07, 6.45) is 2.52. The van der Waals surface area contributed by atoms with Crippen molar-refractivity contribution in [3.05, 3.63) is 56.2 Å². The monoisotopic (exact) mass is 373 g/mol. The zero-order chi connectivity index (χ0) is 19.9. The van der Waals surface area contributed by atoms with Gasteiger partial charge in [-0.15, -0.1) is 0 Å². The number of carbonyl (C=O) groups is 2. The van der Waals surface area contributed by atoms with Gasteiger partial charge in [0, 0.05) is 18.1 Å². The Morgan fingerprint density at radius 1 is 1.22 bits per heavy atom. The Kier molecular flexibility index (Phi) is 4.63. The molecule has 3 rings (SSSR count). The summed E-state index contributed by atoms with van der Waals surface area (Å²) in [6, 6.07) is 2.42. The predicted molar refractivity (Wildman–Crippen MR) is 98.6 cm³/mol. The first kappa shape index (κ1) is 18.8. The van der Waals surface area contributed by atoms with Crippen molar-refractivity contribution < 1.29 is 24.2 Å². The van der Waals surface area contributed by atoms with Gasteiger partial charge < -0.3 is 19.8 Å². The second kappa shape index (κ2) is 6.64. The Morgan fingerprint density at radius 3 is 2.48 bits per heavy atom. The number of carboxylic acid groups (broad SMARTS) is 2. The fourth-order valence-corrected chi connectivity index (χ4v) is 3.65. The first-order valence-electron chi connectivity index (χ1n) is 8.64. The van der Waals surface area contributed by atoms with Crippen LogP contribution in [0.25, 0.3) is 11.0 Å². The standard InChI is InChI=1S/C19H19NO7/c1-3-5-11-16-10(6-7-13(18(22)23)20(16,26)4-2)8-12-14(21)9-15(19(24)25)27-17(11)12/h7-9H,3-6H2,1-2H3,(H,22,23)(H,24,25). The molecule has 142 valence electrons. The maximum absolute atomic E-state index is 13.6. The molecule has 27 heavy (non-hydrogen) atoms. The van der Waals surface area contributed by atoms with E-state index in [1.807, 2.05) is 6.92 Å². The average Bonchev–Trinajstić information content (AvgIpc) is 2.61. The van der Waals surface area contributed by atoms with E-state index in [4.69, 9.17) is 4.42 Å². The van der Waals surface area contributed by atoms with E-state index in [0.29, 0.717) is 24.0 Å². The van der Waals surface area contributed by atoms with E-state index in [0.717, 1.165) is 6.07 Å². The number of aromatic carboxylic acids is 1. The van der Waals surface area contributed by atoms with E-state index in [2.05, 4.69) is 0 Å². The third-order valence-corrected chi connectivity index (χ3v) is 4.81. The molecule has 0 spiro atoms. The summed E-state index contributed by atoms with van der Waals surface area (Å²) in [5.41, 5.74) is 0.425. The molecule has 8 heteroatoms. The highest BCUT2D eigenvalue weighted by Crippen LogP contribution is 2.42. The summed E-state index contributed by atoms with van der Waals surface area (Å²) in [6.45, 7) is 3.39. The summed E-state index contributed by atoms with van der Waals surface area (Å²) in [5, 5.41) is 32.5. The smallest absolute Gasteiger partial charge is 0.390 e. The van der Waals surface area contributed by atoms with Gasteiger partial charge in [-0.3, -0.25) is 9.44 Å². The van der Waals surface area contributed by atoms with Gasteiger partial charge in [0.2, 0.25) is 11.5 Å². The molecule has 0 amide bonds. The number of carboxylic acids is 2. The molecule has 1 aromatic heterocycles. The van der Waals surface area contributed by atoms with Crippen molar-refractivity contribution in [3.8, 4) is 0 Å². The van der Waals surface area contributed by atoms with Crippen molar-refractivity contribution in [1.82, 2.24) is 4.65 Å². The summed E-state index contributed by atoms with van der Waals surface area (Å²) in [4.78, 5) is 35.4. The Labute approximate surface area is 154 Å². The van der Waals surface area contributed by atoms with Crippen LogP contribution in [0.2, 0.25) is 0 Å². The molecule has 0 saturated carbocycles. The zero-order valence-corrected chi connectivity index (χ0v) is 14.9. The number of benzene rings is 1. The molecule has 0 radical (unpaired) electrons. The minimum absolute atomic E-state index is 0.0407. The third kappa shape index (κ3) is 2.83. The van der Waals surface area contributed by atoms with Crippen LogP contribution in [0, 0.1) is 5.21 Å². The highest BCUT2D eigenvalue weighted by molar-refractivity contribution is 5.95. The Balaban J connectivity index is 2.47. The molecular weight excluding hydrogens is 354 g/mol. The third-order valence-electron chi connectivity index (χ3n) is 4.81. The molecular formula is C19H19NO7. The number of likely N-dealkylation sites (N-methyl/N-ethyl adjacent to an activating group) is 1. The molecule has 0 bridgehead atoms. The lowest BCUT2D eigenvalue weighted by Gasteiger charge is -2.44. The summed E-state index contributed by atoms with van der Waals surface area (Å²) in [5.74, 6) is -3.21. The minimum Gasteiger partial charge on any atom is -0.622 e. The van der Waals surface area contributed by atoms with Gasteiger partial charge in [0.15, 0.2) is 5.43 Å². The van der Waals surface area contributed by atoms with Crippen LogP contribution >= 0.6 is 0 Å². The minimum atomic E-state index is -1.39. The summed E-state index contributed by atoms with van der Waals surface area (Å²) in [7, 11) is 0. The molecule has 0 fully saturated rings. The molecule has 1 aliphatic heterocycles.